The Hall–Kier alpha value is -1.06. The maximum absolute atomic E-state index is 12.8. The minimum atomic E-state index is -0.747. The molecule has 33 heavy (non-hydrogen) atoms. The molecule has 0 fully saturated rings. The van der Waals surface area contributed by atoms with Crippen molar-refractivity contribution >= 4 is 63.3 Å². The first-order valence-corrected chi connectivity index (χ1v) is 11.8. The first-order valence-electron chi connectivity index (χ1n) is 9.36. The third-order valence-corrected chi connectivity index (χ3v) is 7.41. The van der Waals surface area contributed by atoms with E-state index in [0.29, 0.717) is 43.1 Å². The quantitative estimate of drug-likeness (QED) is 0.163. The molecule has 1 unspecified atom stereocenters. The first kappa shape index (κ1) is 28.2. The molecule has 1 amide bonds. The molecular weight excluding hydrogens is 528 g/mol. The molecule has 11 heteroatoms. The van der Waals surface area contributed by atoms with Gasteiger partial charge in [0.05, 0.1) is 25.5 Å². The minimum absolute atomic E-state index is 0. The van der Waals surface area contributed by atoms with E-state index in [4.69, 9.17) is 29.8 Å². The number of hydrogen-bond acceptors (Lipinski definition) is 6. The maximum atomic E-state index is 12.8. The molecule has 0 saturated carbocycles. The van der Waals surface area contributed by atoms with E-state index in [0.717, 1.165) is 11.3 Å². The van der Waals surface area contributed by atoms with E-state index in [9.17, 15) is 14.7 Å². The van der Waals surface area contributed by atoms with Gasteiger partial charge >= 0.3 is 51.4 Å². The number of ketones is 1. The summed E-state index contributed by atoms with van der Waals surface area (Å²) in [4.78, 5) is 29.1. The zero-order valence-corrected chi connectivity index (χ0v) is 24.2. The van der Waals surface area contributed by atoms with E-state index in [1.165, 1.54) is 23.5 Å². The van der Waals surface area contributed by atoms with Crippen LogP contribution >= 0.6 is 45.9 Å². The van der Waals surface area contributed by atoms with Crippen molar-refractivity contribution in [1.82, 2.24) is 5.43 Å². The van der Waals surface area contributed by atoms with E-state index in [1.807, 2.05) is 0 Å². The van der Waals surface area contributed by atoms with Crippen LogP contribution in [0.1, 0.15) is 45.2 Å². The Kier molecular flexibility index (Phi) is 10.7. The van der Waals surface area contributed by atoms with E-state index in [-0.39, 0.29) is 67.8 Å². The van der Waals surface area contributed by atoms with Gasteiger partial charge in [-0.05, 0) is 42.1 Å². The number of nitrogens with zero attached hydrogens (tertiary/aromatic N) is 2. The Balaban J connectivity index is 0.00000385. The molecule has 0 bridgehead atoms. The van der Waals surface area contributed by atoms with Gasteiger partial charge in [0, 0.05) is 16.9 Å². The Morgan fingerprint density at radius 3 is 2.55 bits per heavy atom. The molecule has 3 aromatic rings. The van der Waals surface area contributed by atoms with E-state index in [1.54, 1.807) is 37.4 Å². The molecule has 1 N–H and O–H groups in total. The zero-order chi connectivity index (χ0) is 23.4. The fourth-order valence-electron chi connectivity index (χ4n) is 2.78. The van der Waals surface area contributed by atoms with Crippen LogP contribution in [-0.4, -0.2) is 23.4 Å². The molecule has 164 valence electrons. The third-order valence-electron chi connectivity index (χ3n) is 4.56. The Labute approximate surface area is 251 Å². The van der Waals surface area contributed by atoms with Gasteiger partial charge in [-0.2, -0.15) is 5.10 Å². The molecule has 1 atom stereocenters. The summed E-state index contributed by atoms with van der Waals surface area (Å²) >= 11 is 14.2. The van der Waals surface area contributed by atoms with Gasteiger partial charge in [-0.25, -0.2) is 12.0 Å². The number of carbonyl (C=O) groups is 2. The Bertz CT molecular complexity index is 1260. The summed E-state index contributed by atoms with van der Waals surface area (Å²) < 4.78 is 0. The number of thiophene rings is 2. The average molecular weight is 545 g/mol. The van der Waals surface area contributed by atoms with Gasteiger partial charge in [0.2, 0.25) is 0 Å². The first-order chi connectivity index (χ1) is 15.3. The molecular formula is C22H16Cl2KN3O3S2. The number of hydrazone groups is 1. The number of nitrogens with one attached hydrogen (secondary N) is 1. The second kappa shape index (κ2) is 12.6. The average Bonchev–Trinajstić information content (AvgIpc) is 3.42. The van der Waals surface area contributed by atoms with Crippen molar-refractivity contribution in [2.75, 3.05) is 0 Å². The molecule has 3 rings (SSSR count). The van der Waals surface area contributed by atoms with Gasteiger partial charge < -0.3 is 9.95 Å². The van der Waals surface area contributed by atoms with Crippen molar-refractivity contribution in [2.45, 2.75) is 26.3 Å². The van der Waals surface area contributed by atoms with E-state index in [2.05, 4.69) is 15.4 Å². The summed E-state index contributed by atoms with van der Waals surface area (Å²) in [5, 5.41) is 19.3. The van der Waals surface area contributed by atoms with Crippen molar-refractivity contribution in [3.63, 3.8) is 0 Å². The molecule has 1 aromatic carbocycles. The van der Waals surface area contributed by atoms with Crippen LogP contribution in [0.2, 0.25) is 10.0 Å². The monoisotopic (exact) mass is 543 g/mol. The van der Waals surface area contributed by atoms with Crippen LogP contribution in [0.25, 0.3) is 15.3 Å². The summed E-state index contributed by atoms with van der Waals surface area (Å²) in [5.41, 5.74) is 3.77. The van der Waals surface area contributed by atoms with Crippen LogP contribution in [0.15, 0.2) is 40.8 Å². The SMILES string of the molecule is [C-]#[N+]C(CC)C(=O)c1ccc(C(=O)N/N=C(\C)c2csc(-c3ccc(Cl)c(Cl)c3)c2[O-])s1.[K+]. The molecule has 0 aliphatic carbocycles. The number of rotatable bonds is 7. The van der Waals surface area contributed by atoms with Gasteiger partial charge in [0.25, 0.3) is 17.7 Å². The van der Waals surface area contributed by atoms with Gasteiger partial charge in [-0.3, -0.25) is 9.59 Å². The number of carbonyl (C=O) groups excluding carboxylic acids is 2. The molecule has 0 saturated heterocycles. The van der Waals surface area contributed by atoms with Crippen LogP contribution in [0, 0.1) is 6.57 Å². The van der Waals surface area contributed by atoms with Crippen LogP contribution in [0.5, 0.6) is 5.75 Å². The number of hydrogen-bond donors (Lipinski definition) is 1. The standard InChI is InChI=1S/C22H17Cl2N3O3S2.K/c1-4-16(25-3)20(29)17-7-8-18(32-17)22(30)27-26-11(2)13-10-31-21(19(13)28)12-5-6-14(23)15(24)9-12;/h5-10,16,28H,4H2,1-2H3,(H,27,30);/q;+1/p-1/b26-11+;. The maximum Gasteiger partial charge on any atom is 1.00 e. The second-order valence-corrected chi connectivity index (χ2v) is 9.43. The van der Waals surface area contributed by atoms with Crippen LogP contribution in [0.3, 0.4) is 0 Å². The molecule has 2 aromatic heterocycles. The minimum Gasteiger partial charge on any atom is -0.871 e. The largest absolute Gasteiger partial charge is 1.00 e. The molecule has 0 spiro atoms. The molecule has 6 nitrogen and oxygen atoms in total. The summed E-state index contributed by atoms with van der Waals surface area (Å²) in [6, 6.07) is 7.27. The topological polar surface area (TPSA) is 86.0 Å². The zero-order valence-electron chi connectivity index (χ0n) is 17.9. The number of Topliss-reactive ketones (excluding diaryl/α,β-unsaturated/α-hetero) is 1. The van der Waals surface area contributed by atoms with Gasteiger partial charge in [0.1, 0.15) is 0 Å². The fraction of sp³-hybridized carbons (Fsp3) is 0.182. The van der Waals surface area contributed by atoms with Gasteiger partial charge in [-0.15, -0.1) is 22.7 Å². The van der Waals surface area contributed by atoms with Crippen molar-refractivity contribution in [1.29, 1.82) is 0 Å². The molecule has 0 radical (unpaired) electrons. The van der Waals surface area contributed by atoms with Crippen LogP contribution in [0.4, 0.5) is 0 Å². The summed E-state index contributed by atoms with van der Waals surface area (Å²) in [6.07, 6.45) is 0.410. The fourth-order valence-corrected chi connectivity index (χ4v) is 4.95. The molecule has 0 aliphatic rings. The predicted octanol–water partition coefficient (Wildman–Crippen LogP) is 2.90. The van der Waals surface area contributed by atoms with Crippen molar-refractivity contribution < 1.29 is 66.1 Å². The second-order valence-electron chi connectivity index (χ2n) is 6.66. The van der Waals surface area contributed by atoms with Gasteiger partial charge in [-0.1, -0.05) is 41.9 Å². The van der Waals surface area contributed by atoms with E-state index >= 15 is 0 Å². The Morgan fingerprint density at radius 1 is 1.21 bits per heavy atom. The van der Waals surface area contributed by atoms with Gasteiger partial charge in [0.15, 0.2) is 0 Å². The van der Waals surface area contributed by atoms with Crippen molar-refractivity contribution in [3.05, 3.63) is 72.5 Å². The molecule has 0 aliphatic heterocycles. The summed E-state index contributed by atoms with van der Waals surface area (Å²) in [6.45, 7) is 10.5. The molecule has 2 heterocycles. The number of halogens is 2. The van der Waals surface area contributed by atoms with Crippen molar-refractivity contribution in [2.24, 2.45) is 5.10 Å². The normalized spacial score (nSPS) is 11.9. The van der Waals surface area contributed by atoms with Crippen LogP contribution in [-0.2, 0) is 0 Å². The number of benzene rings is 1. The summed E-state index contributed by atoms with van der Waals surface area (Å²) in [7, 11) is 0. The third kappa shape index (κ3) is 6.54. The van der Waals surface area contributed by atoms with Crippen LogP contribution < -0.4 is 61.9 Å². The predicted molar refractivity (Wildman–Crippen MR) is 128 cm³/mol. The smallest absolute Gasteiger partial charge is 0.871 e. The van der Waals surface area contributed by atoms with Crippen molar-refractivity contribution in [3.8, 4) is 16.2 Å². The van der Waals surface area contributed by atoms with E-state index < -0.39 is 11.9 Å². The summed E-state index contributed by atoms with van der Waals surface area (Å²) in [5.74, 6) is -1.02. The Morgan fingerprint density at radius 2 is 1.91 bits per heavy atom. The number of amides is 1.